The second-order valence-corrected chi connectivity index (χ2v) is 5.16. The van der Waals surface area contributed by atoms with E-state index in [2.05, 4.69) is 5.32 Å². The Hall–Kier alpha value is -1.95. The summed E-state index contributed by atoms with van der Waals surface area (Å²) in [6.07, 6.45) is 0. The van der Waals surface area contributed by atoms with Crippen molar-refractivity contribution in [1.29, 1.82) is 0 Å². The molecule has 1 N–H and O–H groups in total. The number of ether oxygens (including phenoxy) is 4. The van der Waals surface area contributed by atoms with Crippen molar-refractivity contribution in [2.24, 2.45) is 5.92 Å². The van der Waals surface area contributed by atoms with Crippen LogP contribution in [-0.2, 0) is 16.1 Å². The molecule has 0 saturated carbocycles. The van der Waals surface area contributed by atoms with Crippen molar-refractivity contribution in [1.82, 2.24) is 5.32 Å². The highest BCUT2D eigenvalue weighted by Gasteiger charge is 2.24. The minimum atomic E-state index is -0.355. The molecule has 0 aliphatic carbocycles. The van der Waals surface area contributed by atoms with Crippen LogP contribution in [0.4, 0.5) is 0 Å². The van der Waals surface area contributed by atoms with E-state index < -0.39 is 0 Å². The molecule has 1 aliphatic rings. The first-order chi connectivity index (χ1) is 10.1. The molecule has 21 heavy (non-hydrogen) atoms. The van der Waals surface area contributed by atoms with Crippen molar-refractivity contribution in [2.45, 2.75) is 26.4 Å². The Kier molecular flexibility index (Phi) is 4.90. The molecule has 6 heteroatoms. The molecule has 2 rings (SSSR count). The lowest BCUT2D eigenvalue weighted by molar-refractivity contribution is -0.144. The van der Waals surface area contributed by atoms with Crippen LogP contribution in [0.3, 0.4) is 0 Å². The Bertz CT molecular complexity index is 515. The lowest BCUT2D eigenvalue weighted by Crippen LogP contribution is -2.41. The van der Waals surface area contributed by atoms with Gasteiger partial charge in [0.05, 0.1) is 14.2 Å². The topological polar surface area (TPSA) is 66.0 Å². The van der Waals surface area contributed by atoms with Crippen molar-refractivity contribution in [3.8, 4) is 17.2 Å². The van der Waals surface area contributed by atoms with E-state index in [4.69, 9.17) is 18.9 Å². The van der Waals surface area contributed by atoms with Crippen LogP contribution in [0.1, 0.15) is 19.4 Å². The van der Waals surface area contributed by atoms with Gasteiger partial charge >= 0.3 is 5.97 Å². The van der Waals surface area contributed by atoms with E-state index in [1.165, 1.54) is 7.11 Å². The van der Waals surface area contributed by atoms with Crippen LogP contribution in [-0.4, -0.2) is 33.0 Å². The third-order valence-electron chi connectivity index (χ3n) is 3.37. The summed E-state index contributed by atoms with van der Waals surface area (Å²) in [7, 11) is 2.98. The normalized spacial score (nSPS) is 14.1. The SMILES string of the molecule is COC(=O)C(NCc1cc(OC)c2c(c1)OCO2)C(C)C. The van der Waals surface area contributed by atoms with E-state index in [0.717, 1.165) is 5.56 Å². The van der Waals surface area contributed by atoms with E-state index in [-0.39, 0.29) is 24.7 Å². The summed E-state index contributed by atoms with van der Waals surface area (Å²) in [5.41, 5.74) is 0.950. The number of benzene rings is 1. The average molecular weight is 295 g/mol. The highest BCUT2D eigenvalue weighted by molar-refractivity contribution is 5.75. The van der Waals surface area contributed by atoms with Gasteiger partial charge in [-0.2, -0.15) is 0 Å². The number of hydrogen-bond acceptors (Lipinski definition) is 6. The first-order valence-electron chi connectivity index (χ1n) is 6.84. The van der Waals surface area contributed by atoms with E-state index in [0.29, 0.717) is 23.8 Å². The van der Waals surface area contributed by atoms with Gasteiger partial charge < -0.3 is 24.3 Å². The van der Waals surface area contributed by atoms with E-state index >= 15 is 0 Å². The predicted octanol–water partition coefficient (Wildman–Crippen LogP) is 1.71. The second-order valence-electron chi connectivity index (χ2n) is 5.16. The summed E-state index contributed by atoms with van der Waals surface area (Å²) in [4.78, 5) is 11.7. The van der Waals surface area contributed by atoms with Gasteiger partial charge in [0.1, 0.15) is 6.04 Å². The zero-order chi connectivity index (χ0) is 15.4. The number of carbonyl (C=O) groups excluding carboxylic acids is 1. The van der Waals surface area contributed by atoms with Crippen LogP contribution in [0, 0.1) is 5.92 Å². The van der Waals surface area contributed by atoms with Gasteiger partial charge in [-0.1, -0.05) is 13.8 Å². The third kappa shape index (κ3) is 3.39. The Labute approximate surface area is 124 Å². The second kappa shape index (κ2) is 6.67. The number of methoxy groups -OCH3 is 2. The number of rotatable bonds is 6. The fourth-order valence-corrected chi connectivity index (χ4v) is 2.23. The molecule has 116 valence electrons. The zero-order valence-electron chi connectivity index (χ0n) is 12.8. The van der Waals surface area contributed by atoms with Crippen LogP contribution in [0.25, 0.3) is 0 Å². The number of carbonyl (C=O) groups is 1. The molecular weight excluding hydrogens is 274 g/mol. The first-order valence-corrected chi connectivity index (χ1v) is 6.84. The molecule has 0 amide bonds. The maximum Gasteiger partial charge on any atom is 0.323 e. The molecule has 1 aromatic carbocycles. The van der Waals surface area contributed by atoms with Gasteiger partial charge in [-0.25, -0.2) is 0 Å². The lowest BCUT2D eigenvalue weighted by Gasteiger charge is -2.20. The number of esters is 1. The molecule has 0 fully saturated rings. The largest absolute Gasteiger partial charge is 0.493 e. The monoisotopic (exact) mass is 295 g/mol. The molecule has 1 unspecified atom stereocenters. The number of nitrogens with one attached hydrogen (secondary N) is 1. The quantitative estimate of drug-likeness (QED) is 0.806. The molecule has 1 heterocycles. The smallest absolute Gasteiger partial charge is 0.323 e. The fraction of sp³-hybridized carbons (Fsp3) is 0.533. The van der Waals surface area contributed by atoms with Crippen molar-refractivity contribution in [3.05, 3.63) is 17.7 Å². The van der Waals surface area contributed by atoms with E-state index in [1.54, 1.807) is 7.11 Å². The molecule has 1 atom stereocenters. The van der Waals surface area contributed by atoms with Crippen molar-refractivity contribution >= 4 is 5.97 Å². The highest BCUT2D eigenvalue weighted by Crippen LogP contribution is 2.41. The van der Waals surface area contributed by atoms with Crippen molar-refractivity contribution in [2.75, 3.05) is 21.0 Å². The van der Waals surface area contributed by atoms with Crippen molar-refractivity contribution in [3.63, 3.8) is 0 Å². The standard InChI is InChI=1S/C15H21NO5/c1-9(2)13(15(17)19-4)16-7-10-5-11(18-3)14-12(6-10)20-8-21-14/h5-6,9,13,16H,7-8H2,1-4H3. The van der Waals surface area contributed by atoms with Gasteiger partial charge in [0.2, 0.25) is 12.5 Å². The van der Waals surface area contributed by atoms with Crippen LogP contribution >= 0.6 is 0 Å². The Morgan fingerprint density at radius 1 is 1.33 bits per heavy atom. The van der Waals surface area contributed by atoms with Crippen LogP contribution < -0.4 is 19.5 Å². The third-order valence-corrected chi connectivity index (χ3v) is 3.37. The molecule has 6 nitrogen and oxygen atoms in total. The van der Waals surface area contributed by atoms with Gasteiger partial charge in [0, 0.05) is 6.54 Å². The maximum atomic E-state index is 11.7. The summed E-state index contributed by atoms with van der Waals surface area (Å²) < 4.78 is 20.8. The van der Waals surface area contributed by atoms with E-state index in [1.807, 2.05) is 26.0 Å². The molecule has 0 bridgehead atoms. The molecule has 0 saturated heterocycles. The lowest BCUT2D eigenvalue weighted by atomic mass is 10.0. The molecule has 0 spiro atoms. The van der Waals surface area contributed by atoms with E-state index in [9.17, 15) is 4.79 Å². The van der Waals surface area contributed by atoms with Gasteiger partial charge in [-0.3, -0.25) is 4.79 Å². The predicted molar refractivity (Wildman–Crippen MR) is 76.6 cm³/mol. The maximum absolute atomic E-state index is 11.7. The summed E-state index contributed by atoms with van der Waals surface area (Å²) in [5.74, 6) is 1.77. The fourth-order valence-electron chi connectivity index (χ4n) is 2.23. The number of hydrogen-bond donors (Lipinski definition) is 1. The molecule has 1 aliphatic heterocycles. The molecular formula is C15H21NO5. The van der Waals surface area contributed by atoms with Gasteiger partial charge in [0.15, 0.2) is 11.5 Å². The summed E-state index contributed by atoms with van der Waals surface area (Å²) in [5, 5.41) is 3.20. The molecule has 1 aromatic rings. The Morgan fingerprint density at radius 2 is 2.10 bits per heavy atom. The first kappa shape index (κ1) is 15.4. The minimum absolute atomic E-state index is 0.133. The van der Waals surface area contributed by atoms with Crippen LogP contribution in [0.2, 0.25) is 0 Å². The van der Waals surface area contributed by atoms with Crippen LogP contribution in [0.15, 0.2) is 12.1 Å². The molecule has 0 aromatic heterocycles. The Balaban J connectivity index is 2.11. The highest BCUT2D eigenvalue weighted by atomic mass is 16.7. The van der Waals surface area contributed by atoms with Gasteiger partial charge in [-0.05, 0) is 23.6 Å². The summed E-state index contributed by atoms with van der Waals surface area (Å²) >= 11 is 0. The average Bonchev–Trinajstić information content (AvgIpc) is 2.94. The Morgan fingerprint density at radius 3 is 2.71 bits per heavy atom. The zero-order valence-corrected chi connectivity index (χ0v) is 12.8. The summed E-state index contributed by atoms with van der Waals surface area (Å²) in [6, 6.07) is 3.40. The summed E-state index contributed by atoms with van der Waals surface area (Å²) in [6.45, 7) is 4.63. The van der Waals surface area contributed by atoms with Crippen molar-refractivity contribution < 1.29 is 23.7 Å². The molecule has 0 radical (unpaired) electrons. The van der Waals surface area contributed by atoms with Gasteiger partial charge in [-0.15, -0.1) is 0 Å². The minimum Gasteiger partial charge on any atom is -0.493 e. The number of fused-ring (bicyclic) bond motifs is 1. The van der Waals surface area contributed by atoms with Gasteiger partial charge in [0.25, 0.3) is 0 Å². The van der Waals surface area contributed by atoms with Crippen LogP contribution in [0.5, 0.6) is 17.2 Å².